The molecule has 0 aromatic heterocycles. The molecule has 4 aromatic rings. The van der Waals surface area contributed by atoms with Gasteiger partial charge >= 0.3 is 5.97 Å². The molecule has 0 aliphatic rings. The van der Waals surface area contributed by atoms with Gasteiger partial charge in [0.2, 0.25) is 0 Å². The molecule has 0 radical (unpaired) electrons. The van der Waals surface area contributed by atoms with Crippen molar-refractivity contribution in [2.45, 2.75) is 46.1 Å². The Morgan fingerprint density at radius 3 is 2.24 bits per heavy atom. The Morgan fingerprint density at radius 2 is 1.59 bits per heavy atom. The summed E-state index contributed by atoms with van der Waals surface area (Å²) in [6, 6.07) is 25.9. The number of hydrogen-bond acceptors (Lipinski definition) is 4. The summed E-state index contributed by atoms with van der Waals surface area (Å²) >= 11 is 0. The van der Waals surface area contributed by atoms with Crippen LogP contribution < -0.4 is 14.2 Å². The average molecular weight is 555 g/mol. The van der Waals surface area contributed by atoms with E-state index in [0.29, 0.717) is 30.9 Å². The maximum absolute atomic E-state index is 13.3. The molecule has 4 aromatic carbocycles. The van der Waals surface area contributed by atoms with Crippen molar-refractivity contribution in [2.75, 3.05) is 7.11 Å². The van der Waals surface area contributed by atoms with Crippen molar-refractivity contribution in [1.29, 1.82) is 0 Å². The highest BCUT2D eigenvalue weighted by Crippen LogP contribution is 2.29. The Morgan fingerprint density at radius 1 is 0.878 bits per heavy atom. The SMILES string of the molecule is CC/C(=C\c1cccc(OC)c1CCC(=O)O)Oc1ccc(OCc2ccc(-c3ccc(F)cc3)cc2CC)cc1. The fraction of sp³-hybridized carbons (Fsp3) is 0.229. The number of halogens is 1. The topological polar surface area (TPSA) is 65.0 Å². The zero-order chi connectivity index (χ0) is 29.2. The highest BCUT2D eigenvalue weighted by atomic mass is 19.1. The molecule has 0 atom stereocenters. The van der Waals surface area contributed by atoms with Crippen LogP contribution >= 0.6 is 0 Å². The molecular formula is C35H35FO5. The van der Waals surface area contributed by atoms with Crippen LogP contribution in [0, 0.1) is 5.82 Å². The van der Waals surface area contributed by atoms with Crippen molar-refractivity contribution in [3.05, 3.63) is 119 Å². The summed E-state index contributed by atoms with van der Waals surface area (Å²) in [6.07, 6.45) is 3.83. The van der Waals surface area contributed by atoms with E-state index < -0.39 is 5.97 Å². The average Bonchev–Trinajstić information content (AvgIpc) is 2.99. The molecule has 4 rings (SSSR count). The molecule has 1 N–H and O–H groups in total. The van der Waals surface area contributed by atoms with Gasteiger partial charge in [-0.05, 0) is 89.2 Å². The van der Waals surface area contributed by atoms with Crippen LogP contribution in [-0.2, 0) is 24.2 Å². The Bertz CT molecular complexity index is 1490. The highest BCUT2D eigenvalue weighted by Gasteiger charge is 2.12. The quantitative estimate of drug-likeness (QED) is 0.168. The van der Waals surface area contributed by atoms with Crippen LogP contribution in [0.15, 0.2) is 90.7 Å². The van der Waals surface area contributed by atoms with Gasteiger partial charge in [0.15, 0.2) is 0 Å². The molecule has 41 heavy (non-hydrogen) atoms. The van der Waals surface area contributed by atoms with Gasteiger partial charge in [-0.1, -0.05) is 56.3 Å². The Kier molecular flexibility index (Phi) is 10.2. The zero-order valence-corrected chi connectivity index (χ0v) is 23.7. The minimum absolute atomic E-state index is 0.0170. The molecule has 212 valence electrons. The highest BCUT2D eigenvalue weighted by molar-refractivity contribution is 5.68. The molecule has 0 amide bonds. The Labute approximate surface area is 240 Å². The predicted molar refractivity (Wildman–Crippen MR) is 160 cm³/mol. The molecule has 0 unspecified atom stereocenters. The third kappa shape index (κ3) is 7.98. The van der Waals surface area contributed by atoms with Gasteiger partial charge in [-0.15, -0.1) is 0 Å². The number of rotatable bonds is 13. The second kappa shape index (κ2) is 14.2. The number of allylic oxidation sites excluding steroid dienone is 1. The van der Waals surface area contributed by atoms with Crippen molar-refractivity contribution in [3.63, 3.8) is 0 Å². The maximum atomic E-state index is 13.3. The standard InChI is InChI=1S/C35H35FO5/c1-4-24-21-26(25-11-13-29(36)14-12-25)9-10-28(24)23-40-31-15-17-32(18-16-31)41-30(5-2)22-27-7-6-8-34(39-3)33(27)19-20-35(37)38/h6-18,21-22H,4-5,19-20,23H2,1-3H3,(H,37,38)/b30-22+. The minimum atomic E-state index is -0.854. The largest absolute Gasteiger partial charge is 0.496 e. The molecule has 0 saturated heterocycles. The first-order chi connectivity index (χ1) is 19.9. The molecule has 0 aliphatic carbocycles. The number of carbonyl (C=O) groups is 1. The number of carboxylic acids is 1. The summed E-state index contributed by atoms with van der Waals surface area (Å²) in [5.74, 6) is 1.72. The van der Waals surface area contributed by atoms with E-state index in [1.807, 2.05) is 61.5 Å². The number of aliphatic carboxylic acids is 1. The summed E-state index contributed by atoms with van der Waals surface area (Å²) in [5.41, 5.74) is 6.03. The molecule has 0 spiro atoms. The van der Waals surface area contributed by atoms with Crippen LogP contribution in [0.4, 0.5) is 4.39 Å². The number of methoxy groups -OCH3 is 1. The first-order valence-electron chi connectivity index (χ1n) is 13.8. The fourth-order valence-corrected chi connectivity index (χ4v) is 4.62. The van der Waals surface area contributed by atoms with Crippen LogP contribution in [-0.4, -0.2) is 18.2 Å². The lowest BCUT2D eigenvalue weighted by atomic mass is 9.98. The monoisotopic (exact) mass is 554 g/mol. The van der Waals surface area contributed by atoms with E-state index in [-0.39, 0.29) is 12.2 Å². The molecule has 6 heteroatoms. The van der Waals surface area contributed by atoms with E-state index in [1.54, 1.807) is 19.2 Å². The number of hydrogen-bond donors (Lipinski definition) is 1. The lowest BCUT2D eigenvalue weighted by molar-refractivity contribution is -0.136. The van der Waals surface area contributed by atoms with Gasteiger partial charge in [-0.25, -0.2) is 4.39 Å². The van der Waals surface area contributed by atoms with Gasteiger partial charge in [0, 0.05) is 18.4 Å². The van der Waals surface area contributed by atoms with E-state index >= 15 is 0 Å². The summed E-state index contributed by atoms with van der Waals surface area (Å²) in [4.78, 5) is 11.2. The molecule has 0 fully saturated rings. The number of aryl methyl sites for hydroxylation is 1. The fourth-order valence-electron chi connectivity index (χ4n) is 4.62. The number of carboxylic acid groups (broad SMARTS) is 1. The normalized spacial score (nSPS) is 11.3. The first-order valence-corrected chi connectivity index (χ1v) is 13.8. The third-order valence-corrected chi connectivity index (χ3v) is 6.87. The van der Waals surface area contributed by atoms with Crippen molar-refractivity contribution >= 4 is 12.0 Å². The Balaban J connectivity index is 1.43. The van der Waals surface area contributed by atoms with Gasteiger partial charge in [-0.3, -0.25) is 4.79 Å². The lowest BCUT2D eigenvalue weighted by Crippen LogP contribution is -2.02. The van der Waals surface area contributed by atoms with Crippen molar-refractivity contribution in [3.8, 4) is 28.4 Å². The summed E-state index contributed by atoms with van der Waals surface area (Å²) < 4.78 is 31.0. The smallest absolute Gasteiger partial charge is 0.303 e. The molecule has 0 heterocycles. The lowest BCUT2D eigenvalue weighted by Gasteiger charge is -2.14. The van der Waals surface area contributed by atoms with Crippen molar-refractivity contribution in [1.82, 2.24) is 0 Å². The van der Waals surface area contributed by atoms with E-state index in [9.17, 15) is 9.18 Å². The van der Waals surface area contributed by atoms with Gasteiger partial charge in [0.25, 0.3) is 0 Å². The molecule has 0 bridgehead atoms. The second-order valence-corrected chi connectivity index (χ2v) is 9.59. The third-order valence-electron chi connectivity index (χ3n) is 6.87. The zero-order valence-electron chi connectivity index (χ0n) is 23.7. The number of ether oxygens (including phenoxy) is 3. The second-order valence-electron chi connectivity index (χ2n) is 9.59. The maximum Gasteiger partial charge on any atom is 0.303 e. The van der Waals surface area contributed by atoms with E-state index in [4.69, 9.17) is 19.3 Å². The van der Waals surface area contributed by atoms with Gasteiger partial charge in [-0.2, -0.15) is 0 Å². The van der Waals surface area contributed by atoms with Crippen molar-refractivity contribution < 1.29 is 28.5 Å². The van der Waals surface area contributed by atoms with Gasteiger partial charge in [0.05, 0.1) is 7.11 Å². The van der Waals surface area contributed by atoms with Gasteiger partial charge < -0.3 is 19.3 Å². The van der Waals surface area contributed by atoms with E-state index in [1.165, 1.54) is 17.7 Å². The molecular weight excluding hydrogens is 519 g/mol. The van der Waals surface area contributed by atoms with Crippen LogP contribution in [0.5, 0.6) is 17.2 Å². The van der Waals surface area contributed by atoms with E-state index in [2.05, 4.69) is 19.1 Å². The van der Waals surface area contributed by atoms with Crippen molar-refractivity contribution in [2.24, 2.45) is 0 Å². The summed E-state index contributed by atoms with van der Waals surface area (Å²) in [5, 5.41) is 9.16. The minimum Gasteiger partial charge on any atom is -0.496 e. The van der Waals surface area contributed by atoms with Crippen LogP contribution in [0.1, 0.15) is 48.9 Å². The van der Waals surface area contributed by atoms with Crippen LogP contribution in [0.25, 0.3) is 17.2 Å². The van der Waals surface area contributed by atoms with E-state index in [0.717, 1.165) is 45.7 Å². The molecule has 5 nitrogen and oxygen atoms in total. The molecule has 0 aliphatic heterocycles. The predicted octanol–water partition coefficient (Wildman–Crippen LogP) is 8.49. The Hall–Kier alpha value is -4.58. The van der Waals surface area contributed by atoms with Crippen LogP contribution in [0.2, 0.25) is 0 Å². The first kappa shape index (κ1) is 29.4. The van der Waals surface area contributed by atoms with Crippen LogP contribution in [0.3, 0.4) is 0 Å². The summed E-state index contributed by atoms with van der Waals surface area (Å²) in [6.45, 7) is 4.55. The van der Waals surface area contributed by atoms with Gasteiger partial charge in [0.1, 0.15) is 35.4 Å². The molecule has 0 saturated carbocycles. The number of benzene rings is 4. The summed E-state index contributed by atoms with van der Waals surface area (Å²) in [7, 11) is 1.58.